The van der Waals surface area contributed by atoms with E-state index in [2.05, 4.69) is 41.5 Å². The van der Waals surface area contributed by atoms with Crippen LogP contribution in [0.5, 0.6) is 0 Å². The molecule has 0 spiro atoms. The van der Waals surface area contributed by atoms with Gasteiger partial charge in [0.15, 0.2) is 0 Å². The maximum absolute atomic E-state index is 12.9. The Hall–Kier alpha value is -1.88. The molecular weight excluding hydrogens is 326 g/mol. The highest BCUT2D eigenvalue weighted by atomic mass is 16.2. The summed E-state index contributed by atoms with van der Waals surface area (Å²) >= 11 is 0. The van der Waals surface area contributed by atoms with E-state index in [1.54, 1.807) is 11.8 Å². The second-order valence-electron chi connectivity index (χ2n) is 7.89. The van der Waals surface area contributed by atoms with E-state index in [1.165, 1.54) is 5.56 Å². The van der Waals surface area contributed by atoms with Gasteiger partial charge < -0.3 is 15.1 Å². The quantitative estimate of drug-likeness (QED) is 0.898. The van der Waals surface area contributed by atoms with E-state index >= 15 is 0 Å². The van der Waals surface area contributed by atoms with Gasteiger partial charge in [-0.25, -0.2) is 0 Å². The predicted octanol–water partition coefficient (Wildman–Crippen LogP) is 2.17. The zero-order chi connectivity index (χ0) is 18.6. The lowest BCUT2D eigenvalue weighted by atomic mass is 9.72. The summed E-state index contributed by atoms with van der Waals surface area (Å²) in [5.74, 6) is 0.0102. The molecule has 2 aliphatic rings. The number of piperidine rings is 2. The Labute approximate surface area is 156 Å². The Balaban J connectivity index is 1.71. The first kappa shape index (κ1) is 18.9. The monoisotopic (exact) mass is 357 g/mol. The molecule has 0 radical (unpaired) electrons. The minimum absolute atomic E-state index is 0.00177. The number of nitrogens with one attached hydrogen (secondary N) is 1. The first-order chi connectivity index (χ1) is 12.5. The zero-order valence-electron chi connectivity index (χ0n) is 16.0. The number of rotatable bonds is 4. The molecule has 2 amide bonds. The Morgan fingerprint density at radius 1 is 1.12 bits per heavy atom. The van der Waals surface area contributed by atoms with Crippen molar-refractivity contribution in [2.75, 3.05) is 33.2 Å². The smallest absolute Gasteiger partial charge is 0.242 e. The fourth-order valence-electron chi connectivity index (χ4n) is 4.36. The largest absolute Gasteiger partial charge is 0.353 e. The fraction of sp³-hybridized carbons (Fsp3) is 0.619. The molecule has 142 valence electrons. The van der Waals surface area contributed by atoms with Crippen molar-refractivity contribution in [2.45, 2.75) is 50.5 Å². The standard InChI is InChI=1S/C21H31N3O2/c1-17(25)24-13-7-6-10-19(24)20(26)22-16-21(11-14-23(2)15-12-21)18-8-4-3-5-9-18/h3-5,8-9,19H,6-7,10-16H2,1-2H3,(H,22,26)/t19-/m1/s1. The van der Waals surface area contributed by atoms with Crippen LogP contribution in [0, 0.1) is 0 Å². The van der Waals surface area contributed by atoms with Crippen molar-refractivity contribution in [3.63, 3.8) is 0 Å². The van der Waals surface area contributed by atoms with E-state index in [4.69, 9.17) is 0 Å². The lowest BCUT2D eigenvalue weighted by Gasteiger charge is -2.42. The van der Waals surface area contributed by atoms with E-state index in [0.29, 0.717) is 13.1 Å². The van der Waals surface area contributed by atoms with Crippen LogP contribution in [0.4, 0.5) is 0 Å². The fourth-order valence-corrected chi connectivity index (χ4v) is 4.36. The maximum Gasteiger partial charge on any atom is 0.242 e. The first-order valence-electron chi connectivity index (χ1n) is 9.81. The summed E-state index contributed by atoms with van der Waals surface area (Å²) in [5, 5.41) is 3.21. The van der Waals surface area contributed by atoms with E-state index in [0.717, 1.165) is 45.2 Å². The molecule has 0 unspecified atom stereocenters. The Kier molecular flexibility index (Phi) is 5.97. The SMILES string of the molecule is CC(=O)N1CCCC[C@@H]1C(=O)NCC1(c2ccccc2)CCN(C)CC1. The van der Waals surface area contributed by atoms with Crippen LogP contribution in [0.25, 0.3) is 0 Å². The van der Waals surface area contributed by atoms with Crippen molar-refractivity contribution in [3.05, 3.63) is 35.9 Å². The minimum Gasteiger partial charge on any atom is -0.353 e. The third-order valence-corrected chi connectivity index (χ3v) is 6.14. The van der Waals surface area contributed by atoms with E-state index in [-0.39, 0.29) is 23.3 Å². The molecule has 0 aliphatic carbocycles. The van der Waals surface area contributed by atoms with Crippen molar-refractivity contribution < 1.29 is 9.59 Å². The number of hydrogen-bond donors (Lipinski definition) is 1. The normalized spacial score (nSPS) is 23.5. The molecule has 26 heavy (non-hydrogen) atoms. The van der Waals surface area contributed by atoms with Gasteiger partial charge in [0, 0.05) is 25.4 Å². The number of amides is 2. The molecule has 2 saturated heterocycles. The number of carbonyl (C=O) groups is 2. The topological polar surface area (TPSA) is 52.7 Å². The molecule has 1 N–H and O–H groups in total. The summed E-state index contributed by atoms with van der Waals surface area (Å²) in [6.07, 6.45) is 4.84. The molecule has 3 rings (SSSR count). The number of benzene rings is 1. The molecule has 1 atom stereocenters. The third-order valence-electron chi connectivity index (χ3n) is 6.14. The van der Waals surface area contributed by atoms with Crippen molar-refractivity contribution in [2.24, 2.45) is 0 Å². The number of nitrogens with zero attached hydrogens (tertiary/aromatic N) is 2. The molecule has 0 saturated carbocycles. The van der Waals surface area contributed by atoms with Gasteiger partial charge in [-0.1, -0.05) is 30.3 Å². The highest BCUT2D eigenvalue weighted by Crippen LogP contribution is 2.34. The molecule has 0 bridgehead atoms. The van der Waals surface area contributed by atoms with Crippen molar-refractivity contribution in [3.8, 4) is 0 Å². The zero-order valence-corrected chi connectivity index (χ0v) is 16.0. The average molecular weight is 357 g/mol. The van der Waals surface area contributed by atoms with Crippen LogP contribution in [-0.2, 0) is 15.0 Å². The number of carbonyl (C=O) groups excluding carboxylic acids is 2. The van der Waals surface area contributed by atoms with E-state index < -0.39 is 0 Å². The molecule has 1 aromatic carbocycles. The average Bonchev–Trinajstić information content (AvgIpc) is 2.68. The Bertz CT molecular complexity index is 623. The number of likely N-dealkylation sites (tertiary alicyclic amines) is 2. The van der Waals surface area contributed by atoms with Crippen LogP contribution < -0.4 is 5.32 Å². The molecular formula is C21H31N3O2. The molecule has 2 aliphatic heterocycles. The van der Waals surface area contributed by atoms with Gasteiger partial charge in [-0.2, -0.15) is 0 Å². The van der Waals surface area contributed by atoms with Crippen LogP contribution in [0.15, 0.2) is 30.3 Å². The van der Waals surface area contributed by atoms with Crippen LogP contribution in [-0.4, -0.2) is 60.9 Å². The van der Waals surface area contributed by atoms with Crippen molar-refractivity contribution in [1.29, 1.82) is 0 Å². The van der Waals surface area contributed by atoms with Crippen LogP contribution >= 0.6 is 0 Å². The minimum atomic E-state index is -0.305. The van der Waals surface area contributed by atoms with Gasteiger partial charge in [-0.05, 0) is 57.8 Å². The van der Waals surface area contributed by atoms with Crippen LogP contribution in [0.3, 0.4) is 0 Å². The summed E-state index contributed by atoms with van der Waals surface area (Å²) in [7, 11) is 2.15. The maximum atomic E-state index is 12.9. The van der Waals surface area contributed by atoms with Gasteiger partial charge in [-0.3, -0.25) is 9.59 Å². The summed E-state index contributed by atoms with van der Waals surface area (Å²) in [6, 6.07) is 10.3. The molecule has 2 fully saturated rings. The van der Waals surface area contributed by atoms with Gasteiger partial charge in [0.25, 0.3) is 0 Å². The summed E-state index contributed by atoms with van der Waals surface area (Å²) < 4.78 is 0. The van der Waals surface area contributed by atoms with Gasteiger partial charge in [0.1, 0.15) is 6.04 Å². The van der Waals surface area contributed by atoms with Gasteiger partial charge >= 0.3 is 0 Å². The van der Waals surface area contributed by atoms with Crippen molar-refractivity contribution in [1.82, 2.24) is 15.1 Å². The third kappa shape index (κ3) is 4.09. The van der Waals surface area contributed by atoms with Crippen LogP contribution in [0.2, 0.25) is 0 Å². The van der Waals surface area contributed by atoms with Gasteiger partial charge in [0.2, 0.25) is 11.8 Å². The summed E-state index contributed by atoms with van der Waals surface area (Å²) in [5.41, 5.74) is 1.29. The molecule has 5 nitrogen and oxygen atoms in total. The molecule has 0 aromatic heterocycles. The van der Waals surface area contributed by atoms with Gasteiger partial charge in [-0.15, -0.1) is 0 Å². The van der Waals surface area contributed by atoms with E-state index in [1.807, 2.05) is 6.07 Å². The second kappa shape index (κ2) is 8.21. The molecule has 5 heteroatoms. The second-order valence-corrected chi connectivity index (χ2v) is 7.89. The lowest BCUT2D eigenvalue weighted by Crippen LogP contribution is -2.54. The first-order valence-corrected chi connectivity index (χ1v) is 9.81. The lowest BCUT2D eigenvalue weighted by molar-refractivity contribution is -0.140. The predicted molar refractivity (Wildman–Crippen MR) is 103 cm³/mol. The van der Waals surface area contributed by atoms with Crippen LogP contribution in [0.1, 0.15) is 44.6 Å². The highest BCUT2D eigenvalue weighted by Gasteiger charge is 2.37. The Morgan fingerprint density at radius 2 is 1.81 bits per heavy atom. The highest BCUT2D eigenvalue weighted by molar-refractivity contribution is 5.87. The van der Waals surface area contributed by atoms with Crippen molar-refractivity contribution >= 4 is 11.8 Å². The van der Waals surface area contributed by atoms with Gasteiger partial charge in [0.05, 0.1) is 0 Å². The molecule has 1 aromatic rings. The summed E-state index contributed by atoms with van der Waals surface area (Å²) in [6.45, 7) is 4.98. The number of hydrogen-bond acceptors (Lipinski definition) is 3. The molecule has 2 heterocycles. The summed E-state index contributed by atoms with van der Waals surface area (Å²) in [4.78, 5) is 28.8. The van der Waals surface area contributed by atoms with E-state index in [9.17, 15) is 9.59 Å². The Morgan fingerprint density at radius 3 is 2.46 bits per heavy atom.